The van der Waals surface area contributed by atoms with E-state index in [-0.39, 0.29) is 6.79 Å². The third-order valence-electron chi connectivity index (χ3n) is 5.69. The van der Waals surface area contributed by atoms with Crippen LogP contribution in [0.25, 0.3) is 4.91 Å². The van der Waals surface area contributed by atoms with E-state index in [2.05, 4.69) is 20.3 Å². The molecular formula is C22H23N3O4S. The van der Waals surface area contributed by atoms with Gasteiger partial charge in [0.15, 0.2) is 11.5 Å². The summed E-state index contributed by atoms with van der Waals surface area (Å²) in [5.74, 6) is 2.17. The van der Waals surface area contributed by atoms with Gasteiger partial charge in [0.05, 0.1) is 0 Å². The summed E-state index contributed by atoms with van der Waals surface area (Å²) in [4.78, 5) is 4.76. The molecule has 0 aliphatic carbocycles. The van der Waals surface area contributed by atoms with E-state index >= 15 is 0 Å². The number of fused-ring (bicyclic) bond motifs is 1. The van der Waals surface area contributed by atoms with Crippen LogP contribution >= 0.6 is 0 Å². The van der Waals surface area contributed by atoms with Crippen LogP contribution in [-0.4, -0.2) is 57.0 Å². The highest BCUT2D eigenvalue weighted by Crippen LogP contribution is 2.34. The topological polar surface area (TPSA) is 71.4 Å². The number of sulfonamides is 1. The van der Waals surface area contributed by atoms with Crippen molar-refractivity contribution in [1.29, 1.82) is 0 Å². The Labute approximate surface area is 176 Å². The Morgan fingerprint density at radius 2 is 1.70 bits per heavy atom. The maximum atomic E-state index is 12.7. The number of nitrogens with zero attached hydrogens (tertiary/aromatic N) is 3. The largest absolute Gasteiger partial charge is 0.454 e. The average molecular weight is 426 g/mol. The van der Waals surface area contributed by atoms with Gasteiger partial charge < -0.3 is 14.4 Å². The highest BCUT2D eigenvalue weighted by atomic mass is 32.2. The molecule has 1 fully saturated rings. The quantitative estimate of drug-likeness (QED) is 0.753. The molecule has 8 heteroatoms. The number of hydrogen-bond acceptors (Lipinski definition) is 6. The molecule has 0 radical (unpaired) electrons. The van der Waals surface area contributed by atoms with Crippen LogP contribution in [0.2, 0.25) is 0 Å². The molecule has 0 N–H and O–H groups in total. The highest BCUT2D eigenvalue weighted by Gasteiger charge is 2.34. The van der Waals surface area contributed by atoms with Gasteiger partial charge in [-0.2, -0.15) is 8.42 Å². The maximum absolute atomic E-state index is 12.7. The molecular weight excluding hydrogens is 402 g/mol. The number of ether oxygens (including phenoxy) is 2. The molecule has 156 valence electrons. The first-order valence-electron chi connectivity index (χ1n) is 9.99. The molecule has 3 heterocycles. The minimum atomic E-state index is -3.67. The van der Waals surface area contributed by atoms with Gasteiger partial charge >= 0.3 is 0 Å². The van der Waals surface area contributed by atoms with E-state index in [1.54, 1.807) is 0 Å². The van der Waals surface area contributed by atoms with Gasteiger partial charge in [-0.3, -0.25) is 4.90 Å². The number of benzene rings is 2. The van der Waals surface area contributed by atoms with Crippen LogP contribution in [0.1, 0.15) is 18.1 Å². The van der Waals surface area contributed by atoms with Crippen molar-refractivity contribution in [2.75, 3.05) is 33.0 Å². The summed E-state index contributed by atoms with van der Waals surface area (Å²) in [5.41, 5.74) is 2.59. The van der Waals surface area contributed by atoms with Crippen molar-refractivity contribution < 1.29 is 17.9 Å². The minimum absolute atomic E-state index is 0.278. The van der Waals surface area contributed by atoms with Crippen LogP contribution in [0.15, 0.2) is 58.5 Å². The summed E-state index contributed by atoms with van der Waals surface area (Å²) in [6.07, 6.45) is 0. The Balaban J connectivity index is 1.28. The first-order valence-corrected chi connectivity index (χ1v) is 11.4. The molecule has 7 nitrogen and oxygen atoms in total. The monoisotopic (exact) mass is 425 g/mol. The molecule has 30 heavy (non-hydrogen) atoms. The summed E-state index contributed by atoms with van der Waals surface area (Å²) in [6.45, 7) is 6.09. The Morgan fingerprint density at radius 3 is 2.47 bits per heavy atom. The first-order chi connectivity index (χ1) is 14.5. The molecule has 0 bridgehead atoms. The van der Waals surface area contributed by atoms with Gasteiger partial charge in [-0.15, -0.1) is 4.40 Å². The van der Waals surface area contributed by atoms with Crippen LogP contribution in [-0.2, 0) is 16.6 Å². The van der Waals surface area contributed by atoms with E-state index in [9.17, 15) is 8.42 Å². The second-order valence-electron chi connectivity index (χ2n) is 7.66. The maximum Gasteiger partial charge on any atom is 0.285 e. The molecule has 2 aromatic carbocycles. The van der Waals surface area contributed by atoms with E-state index in [1.807, 2.05) is 49.4 Å². The lowest BCUT2D eigenvalue weighted by Crippen LogP contribution is -2.48. The van der Waals surface area contributed by atoms with Crippen LogP contribution in [0, 0.1) is 0 Å². The van der Waals surface area contributed by atoms with E-state index in [1.165, 1.54) is 5.56 Å². The third-order valence-corrected chi connectivity index (χ3v) is 7.16. The molecule has 0 saturated carbocycles. The fourth-order valence-electron chi connectivity index (χ4n) is 4.19. The Morgan fingerprint density at radius 1 is 0.967 bits per heavy atom. The van der Waals surface area contributed by atoms with Crippen LogP contribution < -0.4 is 9.47 Å². The SMILES string of the molecule is CC1=C(c2ccccc2)S(=O)(=O)N=C1N1CCN(Cc2ccc3c(c2)OCO3)CC1. The van der Waals surface area contributed by atoms with Crippen LogP contribution in [0.4, 0.5) is 0 Å². The van der Waals surface area contributed by atoms with Gasteiger partial charge in [-0.05, 0) is 30.2 Å². The molecule has 1 saturated heterocycles. The second-order valence-corrected chi connectivity index (χ2v) is 9.20. The van der Waals surface area contributed by atoms with Crippen LogP contribution in [0.5, 0.6) is 11.5 Å². The number of amidine groups is 1. The van der Waals surface area contributed by atoms with Crippen molar-refractivity contribution >= 4 is 20.8 Å². The molecule has 2 aromatic rings. The number of hydrogen-bond donors (Lipinski definition) is 0. The van der Waals surface area contributed by atoms with E-state index in [0.29, 0.717) is 16.3 Å². The van der Waals surface area contributed by atoms with E-state index in [4.69, 9.17) is 9.47 Å². The zero-order valence-electron chi connectivity index (χ0n) is 16.7. The smallest absolute Gasteiger partial charge is 0.285 e. The highest BCUT2D eigenvalue weighted by molar-refractivity contribution is 8.00. The van der Waals surface area contributed by atoms with Crippen molar-refractivity contribution in [3.05, 3.63) is 65.2 Å². The Bertz CT molecular complexity index is 1130. The zero-order chi connectivity index (χ0) is 20.7. The molecule has 5 rings (SSSR count). The number of rotatable bonds is 3. The second kappa shape index (κ2) is 7.45. The lowest BCUT2D eigenvalue weighted by Gasteiger charge is -2.36. The molecule has 0 amide bonds. The van der Waals surface area contributed by atoms with Crippen molar-refractivity contribution in [2.45, 2.75) is 13.5 Å². The third kappa shape index (κ3) is 3.46. The van der Waals surface area contributed by atoms with E-state index < -0.39 is 10.0 Å². The van der Waals surface area contributed by atoms with Crippen LogP contribution in [0.3, 0.4) is 0 Å². The zero-order valence-corrected chi connectivity index (χ0v) is 17.6. The predicted octanol–water partition coefficient (Wildman–Crippen LogP) is 2.71. The summed E-state index contributed by atoms with van der Waals surface area (Å²) in [6, 6.07) is 15.2. The molecule has 0 unspecified atom stereocenters. The van der Waals surface area contributed by atoms with Crippen molar-refractivity contribution in [1.82, 2.24) is 9.80 Å². The van der Waals surface area contributed by atoms with Gasteiger partial charge in [-0.1, -0.05) is 36.4 Å². The van der Waals surface area contributed by atoms with E-state index in [0.717, 1.165) is 49.8 Å². The van der Waals surface area contributed by atoms with Gasteiger partial charge in [-0.25, -0.2) is 0 Å². The molecule has 0 atom stereocenters. The number of piperazine rings is 1. The lowest BCUT2D eigenvalue weighted by atomic mass is 10.1. The Hall–Kier alpha value is -2.84. The molecule has 0 aromatic heterocycles. The normalized spacial score (nSPS) is 20.6. The minimum Gasteiger partial charge on any atom is -0.454 e. The summed E-state index contributed by atoms with van der Waals surface area (Å²) in [7, 11) is -3.67. The standard InChI is InChI=1S/C22H23N3O4S/c1-16-21(18-5-3-2-4-6-18)30(26,27)23-22(16)25-11-9-24(10-12-25)14-17-7-8-19-20(13-17)29-15-28-19/h2-8,13H,9-12,14-15H2,1H3. The fourth-order valence-corrected chi connectivity index (χ4v) is 5.67. The lowest BCUT2D eigenvalue weighted by molar-refractivity contribution is 0.172. The van der Waals surface area contributed by atoms with Crippen molar-refractivity contribution in [3.63, 3.8) is 0 Å². The average Bonchev–Trinajstić information content (AvgIpc) is 3.30. The molecule has 3 aliphatic rings. The van der Waals surface area contributed by atoms with Gasteiger partial charge in [0.2, 0.25) is 6.79 Å². The first kappa shape index (κ1) is 19.1. The predicted molar refractivity (Wildman–Crippen MR) is 115 cm³/mol. The molecule has 3 aliphatic heterocycles. The van der Waals surface area contributed by atoms with Gasteiger partial charge in [0.1, 0.15) is 10.7 Å². The summed E-state index contributed by atoms with van der Waals surface area (Å²) < 4.78 is 40.4. The van der Waals surface area contributed by atoms with Crippen molar-refractivity contribution in [2.24, 2.45) is 4.40 Å². The Kier molecular flexibility index (Phi) is 4.75. The summed E-state index contributed by atoms with van der Waals surface area (Å²) >= 11 is 0. The van der Waals surface area contributed by atoms with Gasteiger partial charge in [0.25, 0.3) is 10.0 Å². The van der Waals surface area contributed by atoms with Crippen molar-refractivity contribution in [3.8, 4) is 11.5 Å². The summed E-state index contributed by atoms with van der Waals surface area (Å²) in [5, 5.41) is 0. The molecule has 0 spiro atoms. The van der Waals surface area contributed by atoms with Gasteiger partial charge in [0, 0.05) is 38.3 Å². The fraction of sp³-hybridized carbons (Fsp3) is 0.318.